The molecule has 0 aliphatic heterocycles. The molecule has 3 N–H and O–H groups in total. The number of nitrogens with two attached hydrogens (primary N) is 1. The van der Waals surface area contributed by atoms with Gasteiger partial charge in [0.1, 0.15) is 11.6 Å². The van der Waals surface area contributed by atoms with Crippen molar-refractivity contribution in [1.82, 2.24) is 9.97 Å². The Kier molecular flexibility index (Phi) is 4.17. The molecule has 0 saturated heterocycles. The smallest absolute Gasteiger partial charge is 0.143 e. The molecule has 94 valence electrons. The Morgan fingerprint density at radius 2 is 2.06 bits per heavy atom. The van der Waals surface area contributed by atoms with Gasteiger partial charge >= 0.3 is 0 Å². The number of anilines is 1. The Morgan fingerprint density at radius 3 is 2.78 bits per heavy atom. The maximum atomic E-state index is 5.37. The average molecular weight is 260 g/mol. The summed E-state index contributed by atoms with van der Waals surface area (Å²) in [7, 11) is 0. The second-order valence-corrected chi connectivity index (χ2v) is 5.11. The van der Waals surface area contributed by atoms with Crippen LogP contribution in [0.4, 0.5) is 5.82 Å². The number of rotatable bonds is 4. The maximum Gasteiger partial charge on any atom is 0.143 e. The third kappa shape index (κ3) is 3.45. The van der Waals surface area contributed by atoms with Gasteiger partial charge in [-0.05, 0) is 26.0 Å². The number of hydrazine groups is 1. The number of hydrogen-bond donors (Lipinski definition) is 2. The van der Waals surface area contributed by atoms with Crippen molar-refractivity contribution in [3.63, 3.8) is 0 Å². The van der Waals surface area contributed by atoms with Crippen molar-refractivity contribution in [2.24, 2.45) is 5.84 Å². The first-order chi connectivity index (χ1) is 8.67. The molecule has 0 aliphatic carbocycles. The molecular formula is C13H16N4S. The molecule has 0 amide bonds. The van der Waals surface area contributed by atoms with Crippen molar-refractivity contribution >= 4 is 17.6 Å². The van der Waals surface area contributed by atoms with E-state index in [4.69, 9.17) is 5.84 Å². The summed E-state index contributed by atoms with van der Waals surface area (Å²) in [6.45, 7) is 4.02. The van der Waals surface area contributed by atoms with Gasteiger partial charge in [0, 0.05) is 16.7 Å². The van der Waals surface area contributed by atoms with Crippen molar-refractivity contribution in [2.75, 3.05) is 5.43 Å². The van der Waals surface area contributed by atoms with Crippen molar-refractivity contribution in [1.29, 1.82) is 0 Å². The minimum absolute atomic E-state index is 0.655. The van der Waals surface area contributed by atoms with E-state index in [1.165, 1.54) is 10.5 Å². The lowest BCUT2D eigenvalue weighted by atomic mass is 10.2. The number of nitrogen functional groups attached to an aromatic ring is 1. The molecular weight excluding hydrogens is 244 g/mol. The van der Waals surface area contributed by atoms with E-state index in [2.05, 4.69) is 46.6 Å². The number of aromatic nitrogens is 2. The normalized spacial score (nSPS) is 10.4. The molecule has 0 bridgehead atoms. The second-order valence-electron chi connectivity index (χ2n) is 4.06. The number of thioether (sulfide) groups is 1. The average Bonchev–Trinajstić information content (AvgIpc) is 2.36. The lowest BCUT2D eigenvalue weighted by Gasteiger charge is -2.05. The van der Waals surface area contributed by atoms with E-state index in [9.17, 15) is 0 Å². The molecule has 1 aromatic carbocycles. The molecule has 5 heteroatoms. The molecule has 0 atom stereocenters. The van der Waals surface area contributed by atoms with Crippen LogP contribution in [0.5, 0.6) is 0 Å². The van der Waals surface area contributed by atoms with Gasteiger partial charge in [0.2, 0.25) is 0 Å². The number of benzene rings is 1. The van der Waals surface area contributed by atoms with E-state index >= 15 is 0 Å². The van der Waals surface area contributed by atoms with Crippen LogP contribution >= 0.6 is 11.8 Å². The molecule has 0 unspecified atom stereocenters. The van der Waals surface area contributed by atoms with Crippen LogP contribution in [0.15, 0.2) is 35.2 Å². The van der Waals surface area contributed by atoms with Crippen molar-refractivity contribution < 1.29 is 0 Å². The van der Waals surface area contributed by atoms with E-state index in [0.29, 0.717) is 5.82 Å². The van der Waals surface area contributed by atoms with Gasteiger partial charge in [0.15, 0.2) is 0 Å². The third-order valence-corrected chi connectivity index (χ3v) is 3.40. The van der Waals surface area contributed by atoms with E-state index < -0.39 is 0 Å². The van der Waals surface area contributed by atoms with Crippen molar-refractivity contribution in [3.8, 4) is 0 Å². The van der Waals surface area contributed by atoms with Gasteiger partial charge in [0.05, 0.1) is 5.75 Å². The van der Waals surface area contributed by atoms with Gasteiger partial charge in [-0.2, -0.15) is 0 Å². The van der Waals surface area contributed by atoms with Crippen LogP contribution in [0.25, 0.3) is 0 Å². The fourth-order valence-corrected chi connectivity index (χ4v) is 2.49. The number of nitrogens with one attached hydrogen (secondary N) is 1. The summed E-state index contributed by atoms with van der Waals surface area (Å²) in [5, 5.41) is 0. The number of hydrogen-bond acceptors (Lipinski definition) is 5. The number of nitrogens with zero attached hydrogens (tertiary/aromatic N) is 2. The highest BCUT2D eigenvalue weighted by molar-refractivity contribution is 7.98. The van der Waals surface area contributed by atoms with Gasteiger partial charge < -0.3 is 5.43 Å². The van der Waals surface area contributed by atoms with Gasteiger partial charge in [-0.3, -0.25) is 0 Å². The maximum absolute atomic E-state index is 5.37. The van der Waals surface area contributed by atoms with Crippen LogP contribution in [-0.4, -0.2) is 9.97 Å². The first-order valence-corrected chi connectivity index (χ1v) is 6.66. The summed E-state index contributed by atoms with van der Waals surface area (Å²) in [5.41, 5.74) is 4.73. The lowest BCUT2D eigenvalue weighted by molar-refractivity contribution is 0.990. The zero-order chi connectivity index (χ0) is 13.0. The monoisotopic (exact) mass is 260 g/mol. The Balaban J connectivity index is 2.08. The lowest BCUT2D eigenvalue weighted by Crippen LogP contribution is -2.10. The van der Waals surface area contributed by atoms with Crippen LogP contribution in [0.1, 0.15) is 17.1 Å². The highest BCUT2D eigenvalue weighted by Gasteiger charge is 2.03. The molecule has 4 nitrogen and oxygen atoms in total. The van der Waals surface area contributed by atoms with Gasteiger partial charge in [-0.1, -0.05) is 17.7 Å². The van der Waals surface area contributed by atoms with E-state index in [1.54, 1.807) is 11.8 Å². The Labute approximate surface area is 111 Å². The largest absolute Gasteiger partial charge is 0.308 e. The molecule has 1 aromatic heterocycles. The molecule has 0 spiro atoms. The summed E-state index contributed by atoms with van der Waals surface area (Å²) in [6, 6.07) is 10.2. The fourth-order valence-electron chi connectivity index (χ4n) is 1.62. The molecule has 1 heterocycles. The Morgan fingerprint density at radius 1 is 1.22 bits per heavy atom. The molecule has 0 fully saturated rings. The molecule has 0 radical (unpaired) electrons. The van der Waals surface area contributed by atoms with Crippen LogP contribution < -0.4 is 11.3 Å². The van der Waals surface area contributed by atoms with E-state index in [-0.39, 0.29) is 0 Å². The first-order valence-electron chi connectivity index (χ1n) is 5.68. The topological polar surface area (TPSA) is 63.8 Å². The van der Waals surface area contributed by atoms with Gasteiger partial charge in [-0.25, -0.2) is 15.8 Å². The zero-order valence-corrected chi connectivity index (χ0v) is 11.3. The molecule has 2 rings (SSSR count). The van der Waals surface area contributed by atoms with Crippen molar-refractivity contribution in [3.05, 3.63) is 47.4 Å². The van der Waals surface area contributed by atoms with Crippen LogP contribution in [-0.2, 0) is 5.75 Å². The predicted molar refractivity (Wildman–Crippen MR) is 75.3 cm³/mol. The Hall–Kier alpha value is -1.59. The SMILES string of the molecule is Cc1cccc(SCc2nc(C)cc(NN)n2)c1. The zero-order valence-electron chi connectivity index (χ0n) is 10.5. The second kappa shape index (κ2) is 5.84. The van der Waals surface area contributed by atoms with E-state index in [1.807, 2.05) is 13.0 Å². The van der Waals surface area contributed by atoms with Crippen LogP contribution in [0.3, 0.4) is 0 Å². The fraction of sp³-hybridized carbons (Fsp3) is 0.231. The molecule has 2 aromatic rings. The predicted octanol–water partition coefficient (Wildman–Crippen LogP) is 2.67. The summed E-state index contributed by atoms with van der Waals surface area (Å²) >= 11 is 1.72. The summed E-state index contributed by atoms with van der Waals surface area (Å²) in [6.07, 6.45) is 0. The minimum atomic E-state index is 0.655. The van der Waals surface area contributed by atoms with Gasteiger partial charge in [0.25, 0.3) is 0 Å². The first kappa shape index (κ1) is 12.9. The minimum Gasteiger partial charge on any atom is -0.308 e. The summed E-state index contributed by atoms with van der Waals surface area (Å²) in [5.74, 6) is 7.55. The van der Waals surface area contributed by atoms with Crippen LogP contribution in [0, 0.1) is 13.8 Å². The van der Waals surface area contributed by atoms with Crippen molar-refractivity contribution in [2.45, 2.75) is 24.5 Å². The third-order valence-electron chi connectivity index (χ3n) is 2.41. The summed E-state index contributed by atoms with van der Waals surface area (Å²) in [4.78, 5) is 9.94. The quantitative estimate of drug-likeness (QED) is 0.502. The molecule has 0 aliphatic rings. The highest BCUT2D eigenvalue weighted by Crippen LogP contribution is 2.22. The molecule has 0 saturated carbocycles. The van der Waals surface area contributed by atoms with E-state index in [0.717, 1.165) is 17.3 Å². The van der Waals surface area contributed by atoms with Gasteiger partial charge in [-0.15, -0.1) is 11.8 Å². The standard InChI is InChI=1S/C13H16N4S/c1-9-4-3-5-11(6-9)18-8-13-15-10(2)7-12(16-13)17-14/h3-7H,8,14H2,1-2H3,(H,15,16,17). The Bertz CT molecular complexity index is 542. The number of aryl methyl sites for hydroxylation is 2. The van der Waals surface area contributed by atoms with Crippen LogP contribution in [0.2, 0.25) is 0 Å². The highest BCUT2D eigenvalue weighted by atomic mass is 32.2. The summed E-state index contributed by atoms with van der Waals surface area (Å²) < 4.78 is 0. The molecule has 18 heavy (non-hydrogen) atoms.